The third kappa shape index (κ3) is 2.06. The number of halogens is 1. The molecule has 0 unspecified atom stereocenters. The molecule has 1 aromatic rings. The van der Waals surface area contributed by atoms with Crippen LogP contribution in [0.2, 0.25) is 0 Å². The van der Waals surface area contributed by atoms with Crippen molar-refractivity contribution in [2.24, 2.45) is 0 Å². The summed E-state index contributed by atoms with van der Waals surface area (Å²) in [6, 6.07) is 9.97. The van der Waals surface area contributed by atoms with Gasteiger partial charge in [0.15, 0.2) is 6.01 Å². The number of benzene rings is 1. The van der Waals surface area contributed by atoms with E-state index in [0.717, 1.165) is 16.7 Å². The fourth-order valence-corrected chi connectivity index (χ4v) is 0.968. The Morgan fingerprint density at radius 2 is 1.89 bits per heavy atom. The van der Waals surface area contributed by atoms with Crippen LogP contribution >= 0.6 is 11.8 Å². The zero-order valence-electron chi connectivity index (χ0n) is 4.75. The van der Waals surface area contributed by atoms with Gasteiger partial charge in [-0.2, -0.15) is 0 Å². The number of rotatable bonds is 2. The molecule has 0 bridgehead atoms. The van der Waals surface area contributed by atoms with Crippen LogP contribution in [-0.4, -0.2) is 0 Å². The lowest BCUT2D eigenvalue weighted by Crippen LogP contribution is -1.64. The van der Waals surface area contributed by atoms with Crippen molar-refractivity contribution in [1.29, 1.82) is 0 Å². The van der Waals surface area contributed by atoms with Gasteiger partial charge in [0.2, 0.25) is 0 Å². The molecule has 47 valence electrons. The molecule has 0 saturated heterocycles. The highest BCUT2D eigenvalue weighted by molar-refractivity contribution is 8.01. The molecular weight excluding hydrogens is 135 g/mol. The van der Waals surface area contributed by atoms with Gasteiger partial charge in [-0.25, -0.2) is 4.39 Å². The van der Waals surface area contributed by atoms with E-state index in [1.54, 1.807) is 0 Å². The molecular formula is C7H6FS. The first kappa shape index (κ1) is 6.62. The van der Waals surface area contributed by atoms with Crippen LogP contribution in [0.1, 0.15) is 0 Å². The maximum Gasteiger partial charge on any atom is 0.191 e. The van der Waals surface area contributed by atoms with E-state index < -0.39 is 0 Å². The van der Waals surface area contributed by atoms with Crippen LogP contribution in [0.5, 0.6) is 0 Å². The SMILES string of the molecule is F[CH]Sc1ccccc1. The predicted octanol–water partition coefficient (Wildman–Crippen LogP) is 2.87. The van der Waals surface area contributed by atoms with E-state index in [0.29, 0.717) is 6.01 Å². The van der Waals surface area contributed by atoms with Crippen molar-refractivity contribution in [3.8, 4) is 0 Å². The lowest BCUT2D eigenvalue weighted by molar-refractivity contribution is 0.690. The Hall–Kier alpha value is -0.500. The molecule has 0 fully saturated rings. The summed E-state index contributed by atoms with van der Waals surface area (Å²) in [6.45, 7) is 0. The van der Waals surface area contributed by atoms with Crippen LogP contribution in [-0.2, 0) is 0 Å². The Labute approximate surface area is 58.1 Å². The summed E-state index contributed by atoms with van der Waals surface area (Å²) in [5.41, 5.74) is 0. The first-order valence-corrected chi connectivity index (χ1v) is 3.45. The molecule has 2 heteroatoms. The summed E-state index contributed by atoms with van der Waals surface area (Å²) in [7, 11) is 0. The summed E-state index contributed by atoms with van der Waals surface area (Å²) in [5.74, 6) is 0. The molecule has 0 heterocycles. The Kier molecular flexibility index (Phi) is 2.58. The standard InChI is InChI=1S/C7H6FS/c8-6-9-7-4-2-1-3-5-7/h1-6H. The van der Waals surface area contributed by atoms with E-state index in [-0.39, 0.29) is 0 Å². The van der Waals surface area contributed by atoms with Crippen LogP contribution in [0.25, 0.3) is 0 Å². The van der Waals surface area contributed by atoms with E-state index in [2.05, 4.69) is 0 Å². The number of hydrogen-bond acceptors (Lipinski definition) is 1. The highest BCUT2D eigenvalue weighted by Crippen LogP contribution is 2.19. The molecule has 0 N–H and O–H groups in total. The molecule has 0 spiro atoms. The number of hydrogen-bond donors (Lipinski definition) is 0. The Morgan fingerprint density at radius 1 is 1.22 bits per heavy atom. The number of thioether (sulfide) groups is 1. The molecule has 0 aliphatic heterocycles. The van der Waals surface area contributed by atoms with Crippen molar-refractivity contribution in [1.82, 2.24) is 0 Å². The summed E-state index contributed by atoms with van der Waals surface area (Å²) < 4.78 is 11.5. The van der Waals surface area contributed by atoms with Crippen molar-refractivity contribution in [2.45, 2.75) is 4.90 Å². The highest BCUT2D eigenvalue weighted by Gasteiger charge is 1.87. The van der Waals surface area contributed by atoms with Gasteiger partial charge in [0.05, 0.1) is 0 Å². The third-order valence-electron chi connectivity index (χ3n) is 0.924. The molecule has 0 saturated carbocycles. The maximum atomic E-state index is 11.5. The van der Waals surface area contributed by atoms with Crippen LogP contribution < -0.4 is 0 Å². The average molecular weight is 141 g/mol. The second-order valence-electron chi connectivity index (χ2n) is 1.52. The van der Waals surface area contributed by atoms with Gasteiger partial charge in [0.25, 0.3) is 0 Å². The fourth-order valence-electron chi connectivity index (χ4n) is 0.550. The Morgan fingerprint density at radius 3 is 2.44 bits per heavy atom. The minimum absolute atomic E-state index is 0.579. The second-order valence-corrected chi connectivity index (χ2v) is 2.41. The summed E-state index contributed by atoms with van der Waals surface area (Å²) in [4.78, 5) is 0.931. The predicted molar refractivity (Wildman–Crippen MR) is 37.7 cm³/mol. The van der Waals surface area contributed by atoms with Crippen molar-refractivity contribution < 1.29 is 4.39 Å². The molecule has 0 amide bonds. The van der Waals surface area contributed by atoms with Gasteiger partial charge in [-0.15, -0.1) is 0 Å². The normalized spacial score (nSPS) is 9.44. The van der Waals surface area contributed by atoms with Gasteiger partial charge < -0.3 is 0 Å². The minimum atomic E-state index is 0.579. The fraction of sp³-hybridized carbons (Fsp3) is 0. The first-order chi connectivity index (χ1) is 4.43. The zero-order chi connectivity index (χ0) is 6.53. The molecule has 9 heavy (non-hydrogen) atoms. The van der Waals surface area contributed by atoms with E-state index in [9.17, 15) is 4.39 Å². The van der Waals surface area contributed by atoms with Crippen LogP contribution in [0, 0.1) is 6.01 Å². The molecule has 0 aliphatic rings. The average Bonchev–Trinajstić information content (AvgIpc) is 1.91. The van der Waals surface area contributed by atoms with Gasteiger partial charge >= 0.3 is 0 Å². The first-order valence-electron chi connectivity index (χ1n) is 2.57. The Bertz CT molecular complexity index is 162. The molecule has 1 aromatic carbocycles. The molecule has 0 nitrogen and oxygen atoms in total. The van der Waals surface area contributed by atoms with Gasteiger partial charge in [0.1, 0.15) is 0 Å². The van der Waals surface area contributed by atoms with Crippen molar-refractivity contribution in [2.75, 3.05) is 0 Å². The molecule has 0 aromatic heterocycles. The van der Waals surface area contributed by atoms with Crippen LogP contribution in [0.3, 0.4) is 0 Å². The second kappa shape index (κ2) is 3.51. The quantitative estimate of drug-likeness (QED) is 0.571. The van der Waals surface area contributed by atoms with E-state index in [4.69, 9.17) is 0 Å². The van der Waals surface area contributed by atoms with Crippen molar-refractivity contribution in [3.05, 3.63) is 36.3 Å². The van der Waals surface area contributed by atoms with Gasteiger partial charge in [-0.05, 0) is 12.1 Å². The van der Waals surface area contributed by atoms with Gasteiger partial charge in [0, 0.05) is 4.90 Å². The monoisotopic (exact) mass is 141 g/mol. The lowest BCUT2D eigenvalue weighted by Gasteiger charge is -1.91. The van der Waals surface area contributed by atoms with Gasteiger partial charge in [-0.3, -0.25) is 0 Å². The topological polar surface area (TPSA) is 0 Å². The third-order valence-corrected chi connectivity index (χ3v) is 1.56. The van der Waals surface area contributed by atoms with Crippen LogP contribution in [0.4, 0.5) is 4.39 Å². The molecule has 0 aliphatic carbocycles. The molecule has 1 radical (unpaired) electrons. The van der Waals surface area contributed by atoms with Crippen molar-refractivity contribution >= 4 is 11.8 Å². The summed E-state index contributed by atoms with van der Waals surface area (Å²) >= 11 is 1.08. The van der Waals surface area contributed by atoms with E-state index in [1.165, 1.54) is 0 Å². The zero-order valence-corrected chi connectivity index (χ0v) is 5.57. The summed E-state index contributed by atoms with van der Waals surface area (Å²) in [6.07, 6.45) is 0. The largest absolute Gasteiger partial charge is 0.231 e. The van der Waals surface area contributed by atoms with E-state index in [1.807, 2.05) is 30.3 Å². The molecule has 0 atom stereocenters. The van der Waals surface area contributed by atoms with Crippen molar-refractivity contribution in [3.63, 3.8) is 0 Å². The Balaban J connectivity index is 2.61. The molecule has 1 rings (SSSR count). The summed E-state index contributed by atoms with van der Waals surface area (Å²) in [5, 5.41) is 0. The minimum Gasteiger partial charge on any atom is -0.231 e. The lowest BCUT2D eigenvalue weighted by atomic mass is 10.4. The smallest absolute Gasteiger partial charge is 0.191 e. The van der Waals surface area contributed by atoms with Crippen LogP contribution in [0.15, 0.2) is 35.2 Å². The maximum absolute atomic E-state index is 11.5. The highest BCUT2D eigenvalue weighted by atomic mass is 32.2. The van der Waals surface area contributed by atoms with E-state index >= 15 is 0 Å². The van der Waals surface area contributed by atoms with Gasteiger partial charge in [-0.1, -0.05) is 30.0 Å².